The number of amides is 1. The molecule has 0 unspecified atom stereocenters. The number of nitrogens with one attached hydrogen (secondary N) is 1. The molecule has 0 fully saturated rings. The van der Waals surface area contributed by atoms with Crippen LogP contribution in [0.2, 0.25) is 0 Å². The molecule has 0 aliphatic carbocycles. The van der Waals surface area contributed by atoms with E-state index in [4.69, 9.17) is 18.9 Å². The molecule has 0 saturated heterocycles. The highest BCUT2D eigenvalue weighted by atomic mass is 16.6. The third-order valence-electron chi connectivity index (χ3n) is 5.34. The summed E-state index contributed by atoms with van der Waals surface area (Å²) in [7, 11) is 1.22. The number of rotatable bonds is 13. The van der Waals surface area contributed by atoms with E-state index >= 15 is 0 Å². The summed E-state index contributed by atoms with van der Waals surface area (Å²) in [5, 5.41) is 22.2. The molecule has 0 aliphatic heterocycles. The fraction of sp³-hybridized carbons (Fsp3) is 0.500. The molecule has 3 N–H and O–H groups in total. The highest BCUT2D eigenvalue weighted by Crippen LogP contribution is 2.28. The molecule has 0 aliphatic rings. The summed E-state index contributed by atoms with van der Waals surface area (Å²) in [4.78, 5) is 24.3. The van der Waals surface area contributed by atoms with E-state index in [2.05, 4.69) is 5.32 Å². The number of ether oxygens (including phenoxy) is 4. The predicted octanol–water partition coefficient (Wildman–Crippen LogP) is 3.58. The number of alkyl carbamates (subject to hydrolysis) is 1. The van der Waals surface area contributed by atoms with Crippen molar-refractivity contribution < 1.29 is 38.7 Å². The van der Waals surface area contributed by atoms with Gasteiger partial charge in [0.2, 0.25) is 0 Å². The molecule has 204 valence electrons. The van der Waals surface area contributed by atoms with Crippen molar-refractivity contribution in [2.24, 2.45) is 0 Å². The highest BCUT2D eigenvalue weighted by Gasteiger charge is 2.26. The molecule has 0 saturated carbocycles. The van der Waals surface area contributed by atoms with Crippen molar-refractivity contribution in [1.29, 1.82) is 0 Å². The number of aliphatic hydroxyl groups excluding tert-OH is 2. The van der Waals surface area contributed by atoms with Crippen LogP contribution in [0.15, 0.2) is 48.5 Å². The third-order valence-corrected chi connectivity index (χ3v) is 5.34. The van der Waals surface area contributed by atoms with Crippen molar-refractivity contribution in [3.8, 4) is 11.1 Å². The normalized spacial score (nSPS) is 13.9. The van der Waals surface area contributed by atoms with E-state index in [1.54, 1.807) is 27.7 Å². The van der Waals surface area contributed by atoms with E-state index in [0.717, 1.165) is 22.3 Å². The maximum Gasteiger partial charge on any atom is 0.408 e. The first-order valence-electron chi connectivity index (χ1n) is 12.3. The lowest BCUT2D eigenvalue weighted by Gasteiger charge is -2.24. The van der Waals surface area contributed by atoms with Crippen LogP contribution in [0.4, 0.5) is 4.79 Å². The lowest BCUT2D eigenvalue weighted by Crippen LogP contribution is -2.47. The second kappa shape index (κ2) is 14.7. The van der Waals surface area contributed by atoms with E-state index in [9.17, 15) is 19.8 Å². The van der Waals surface area contributed by atoms with Crippen LogP contribution in [0.1, 0.15) is 45.2 Å². The van der Waals surface area contributed by atoms with Crippen LogP contribution in [-0.4, -0.2) is 66.4 Å². The van der Waals surface area contributed by atoms with Crippen molar-refractivity contribution in [2.45, 2.75) is 71.2 Å². The van der Waals surface area contributed by atoms with Gasteiger partial charge in [0, 0.05) is 6.42 Å². The molecular weight excluding hydrogens is 478 g/mol. The smallest absolute Gasteiger partial charge is 0.408 e. The SMILES string of the molecule is COC(=O)[C@H](COC[C@@H](C[C@@H](C)O)OCc1ccccc1-c1ccccc1CO)NC(=O)OC(C)(C)C. The van der Waals surface area contributed by atoms with Crippen LogP contribution < -0.4 is 5.32 Å². The maximum atomic E-state index is 12.1. The summed E-state index contributed by atoms with van der Waals surface area (Å²) in [6.45, 7) is 6.88. The number of methoxy groups -OCH3 is 1. The number of esters is 1. The van der Waals surface area contributed by atoms with Gasteiger partial charge in [-0.1, -0.05) is 48.5 Å². The first-order valence-corrected chi connectivity index (χ1v) is 12.3. The largest absolute Gasteiger partial charge is 0.467 e. The zero-order valence-electron chi connectivity index (χ0n) is 22.2. The van der Waals surface area contributed by atoms with Crippen molar-refractivity contribution in [1.82, 2.24) is 5.32 Å². The van der Waals surface area contributed by atoms with Crippen molar-refractivity contribution >= 4 is 12.1 Å². The highest BCUT2D eigenvalue weighted by molar-refractivity contribution is 5.81. The fourth-order valence-electron chi connectivity index (χ4n) is 3.68. The van der Waals surface area contributed by atoms with Gasteiger partial charge in [-0.05, 0) is 49.9 Å². The number of hydrogen-bond acceptors (Lipinski definition) is 8. The van der Waals surface area contributed by atoms with Crippen LogP contribution in [0, 0.1) is 0 Å². The van der Waals surface area contributed by atoms with E-state index in [-0.39, 0.29) is 26.4 Å². The Morgan fingerprint density at radius 2 is 1.57 bits per heavy atom. The van der Waals surface area contributed by atoms with Gasteiger partial charge >= 0.3 is 12.1 Å². The second-order valence-electron chi connectivity index (χ2n) is 9.75. The Labute approximate surface area is 218 Å². The number of benzene rings is 2. The molecular formula is C28H39NO8. The van der Waals surface area contributed by atoms with Crippen LogP contribution >= 0.6 is 0 Å². The van der Waals surface area contributed by atoms with Gasteiger partial charge in [0.05, 0.1) is 45.7 Å². The van der Waals surface area contributed by atoms with E-state index in [1.807, 2.05) is 48.5 Å². The minimum atomic E-state index is -1.07. The van der Waals surface area contributed by atoms with E-state index < -0.39 is 35.9 Å². The summed E-state index contributed by atoms with van der Waals surface area (Å²) >= 11 is 0. The van der Waals surface area contributed by atoms with Gasteiger partial charge in [0.25, 0.3) is 0 Å². The molecule has 37 heavy (non-hydrogen) atoms. The number of aliphatic hydroxyl groups is 2. The summed E-state index contributed by atoms with van der Waals surface area (Å²) in [5.74, 6) is -0.671. The number of carbonyl (C=O) groups excluding carboxylic acids is 2. The second-order valence-corrected chi connectivity index (χ2v) is 9.75. The molecule has 0 heterocycles. The molecule has 2 aromatic carbocycles. The van der Waals surface area contributed by atoms with Crippen LogP contribution in [0.3, 0.4) is 0 Å². The van der Waals surface area contributed by atoms with Gasteiger partial charge in [-0.2, -0.15) is 0 Å². The topological polar surface area (TPSA) is 124 Å². The monoisotopic (exact) mass is 517 g/mol. The Balaban J connectivity index is 2.05. The molecule has 2 rings (SSSR count). The maximum absolute atomic E-state index is 12.1. The molecule has 3 atom stereocenters. The van der Waals surface area contributed by atoms with Crippen molar-refractivity contribution in [3.05, 3.63) is 59.7 Å². The third kappa shape index (κ3) is 10.5. The minimum absolute atomic E-state index is 0.0732. The van der Waals surface area contributed by atoms with Crippen molar-refractivity contribution in [3.63, 3.8) is 0 Å². The van der Waals surface area contributed by atoms with Gasteiger partial charge in [-0.3, -0.25) is 0 Å². The molecule has 2 aromatic rings. The van der Waals surface area contributed by atoms with Gasteiger partial charge in [0.15, 0.2) is 6.04 Å². The standard InChI is InChI=1S/C28H39NO8/c1-19(31)14-22(17-35-18-25(26(32)34-5)29-27(33)37-28(2,3)4)36-16-21-11-7-9-13-24(21)23-12-8-6-10-20(23)15-30/h6-13,19,22,25,30-31H,14-18H2,1-5H3,(H,29,33)/t19-,22-,25+/m1/s1. The van der Waals surface area contributed by atoms with Crippen molar-refractivity contribution in [2.75, 3.05) is 20.3 Å². The molecule has 9 nitrogen and oxygen atoms in total. The zero-order valence-corrected chi connectivity index (χ0v) is 22.2. The van der Waals surface area contributed by atoms with Crippen LogP contribution in [-0.2, 0) is 37.0 Å². The van der Waals surface area contributed by atoms with E-state index in [1.165, 1.54) is 7.11 Å². The van der Waals surface area contributed by atoms with Gasteiger partial charge < -0.3 is 34.5 Å². The average molecular weight is 518 g/mol. The molecule has 1 amide bonds. The van der Waals surface area contributed by atoms with E-state index in [0.29, 0.717) is 6.42 Å². The fourth-order valence-corrected chi connectivity index (χ4v) is 3.68. The number of carbonyl (C=O) groups is 2. The van der Waals surface area contributed by atoms with Crippen LogP contribution in [0.25, 0.3) is 11.1 Å². The summed E-state index contributed by atoms with van der Waals surface area (Å²) in [6, 6.07) is 14.3. The molecule has 0 bridgehead atoms. The lowest BCUT2D eigenvalue weighted by atomic mass is 9.96. The Bertz CT molecular complexity index is 1000. The van der Waals surface area contributed by atoms with Gasteiger partial charge in [-0.25, -0.2) is 9.59 Å². The Morgan fingerprint density at radius 3 is 2.14 bits per heavy atom. The lowest BCUT2D eigenvalue weighted by molar-refractivity contribution is -0.145. The molecule has 0 aromatic heterocycles. The Hall–Kier alpha value is -2.98. The summed E-state index contributed by atoms with van der Waals surface area (Å²) in [5.41, 5.74) is 2.86. The quantitative estimate of drug-likeness (QED) is 0.345. The molecule has 9 heteroatoms. The first-order chi connectivity index (χ1) is 17.5. The summed E-state index contributed by atoms with van der Waals surface area (Å²) in [6.07, 6.45) is -1.59. The first kappa shape index (κ1) is 30.2. The summed E-state index contributed by atoms with van der Waals surface area (Å²) < 4.78 is 21.8. The molecule has 0 spiro atoms. The number of hydrogen-bond donors (Lipinski definition) is 3. The van der Waals surface area contributed by atoms with Gasteiger partial charge in [0.1, 0.15) is 5.60 Å². The molecule has 0 radical (unpaired) electrons. The van der Waals surface area contributed by atoms with Crippen LogP contribution in [0.5, 0.6) is 0 Å². The average Bonchev–Trinajstić information content (AvgIpc) is 2.84. The minimum Gasteiger partial charge on any atom is -0.467 e. The van der Waals surface area contributed by atoms with Gasteiger partial charge in [-0.15, -0.1) is 0 Å². The predicted molar refractivity (Wildman–Crippen MR) is 139 cm³/mol. The Kier molecular flexibility index (Phi) is 12.0. The Morgan fingerprint density at radius 1 is 0.973 bits per heavy atom. The zero-order chi connectivity index (χ0) is 27.4.